The van der Waals surface area contributed by atoms with Gasteiger partial charge in [-0.1, -0.05) is 29.8 Å². The predicted molar refractivity (Wildman–Crippen MR) is 118 cm³/mol. The second kappa shape index (κ2) is 7.35. The second-order valence-electron chi connectivity index (χ2n) is 7.89. The molecule has 0 saturated carbocycles. The van der Waals surface area contributed by atoms with Crippen molar-refractivity contribution in [1.29, 1.82) is 0 Å². The maximum absolute atomic E-state index is 13.9. The maximum Gasteiger partial charge on any atom is 0.291 e. The third-order valence-corrected chi connectivity index (χ3v) is 6.12. The average Bonchev–Trinajstić information content (AvgIpc) is 3.37. The molecule has 0 aliphatic carbocycles. The number of carbonyl (C=O) groups excluding carboxylic acids is 1. The van der Waals surface area contributed by atoms with Crippen molar-refractivity contribution in [3.05, 3.63) is 104 Å². The highest BCUT2D eigenvalue weighted by Crippen LogP contribution is 2.41. The zero-order valence-electron chi connectivity index (χ0n) is 17.0. The number of amides is 1. The van der Waals surface area contributed by atoms with Crippen LogP contribution in [-0.2, 0) is 6.54 Å². The lowest BCUT2D eigenvalue weighted by Crippen LogP contribution is -2.29. The largest absolute Gasteiger partial charge is 0.454 e. The Hall–Kier alpha value is -3.84. The van der Waals surface area contributed by atoms with E-state index < -0.39 is 23.2 Å². The SMILES string of the molecule is O=C1c2oc3ccc(F)cc3c(=O)c2[C@H](c2cccc(Cl)c2)N1Cc1ccc2c(c1)OCO2. The first-order valence-corrected chi connectivity index (χ1v) is 10.6. The van der Waals surface area contributed by atoms with Crippen molar-refractivity contribution in [2.75, 3.05) is 6.79 Å². The predicted octanol–water partition coefficient (Wildman–Crippen LogP) is 5.06. The molecule has 1 amide bonds. The second-order valence-corrected chi connectivity index (χ2v) is 8.33. The molecule has 6 nitrogen and oxygen atoms in total. The summed E-state index contributed by atoms with van der Waals surface area (Å²) in [4.78, 5) is 28.5. The third kappa shape index (κ3) is 3.15. The summed E-state index contributed by atoms with van der Waals surface area (Å²) in [5.74, 6) is 0.175. The summed E-state index contributed by atoms with van der Waals surface area (Å²) in [6.07, 6.45) is 0. The number of benzene rings is 3. The average molecular weight is 464 g/mol. The molecule has 4 aromatic rings. The highest BCUT2D eigenvalue weighted by Gasteiger charge is 2.43. The molecule has 0 saturated heterocycles. The van der Waals surface area contributed by atoms with Crippen LogP contribution in [0.1, 0.15) is 33.3 Å². The van der Waals surface area contributed by atoms with Crippen LogP contribution in [-0.4, -0.2) is 17.6 Å². The summed E-state index contributed by atoms with van der Waals surface area (Å²) in [5, 5.41) is 0.547. The summed E-state index contributed by atoms with van der Waals surface area (Å²) >= 11 is 6.23. The molecule has 0 unspecified atom stereocenters. The van der Waals surface area contributed by atoms with E-state index in [2.05, 4.69) is 0 Å². The zero-order valence-corrected chi connectivity index (χ0v) is 17.8. The Kier molecular flexibility index (Phi) is 4.41. The van der Waals surface area contributed by atoms with Crippen LogP contribution in [0.2, 0.25) is 5.02 Å². The van der Waals surface area contributed by atoms with E-state index >= 15 is 0 Å². The molecule has 0 fully saturated rings. The van der Waals surface area contributed by atoms with Crippen LogP contribution in [0.5, 0.6) is 11.5 Å². The van der Waals surface area contributed by atoms with Gasteiger partial charge in [-0.15, -0.1) is 0 Å². The van der Waals surface area contributed by atoms with Crippen LogP contribution >= 0.6 is 11.6 Å². The number of hydrogen-bond acceptors (Lipinski definition) is 5. The first-order valence-electron chi connectivity index (χ1n) is 10.2. The number of ether oxygens (including phenoxy) is 2. The highest BCUT2D eigenvalue weighted by atomic mass is 35.5. The number of nitrogens with zero attached hydrogens (tertiary/aromatic N) is 1. The molecule has 0 radical (unpaired) electrons. The molecule has 8 heteroatoms. The number of halogens is 2. The van der Waals surface area contributed by atoms with Gasteiger partial charge >= 0.3 is 0 Å². The van der Waals surface area contributed by atoms with E-state index in [4.69, 9.17) is 25.5 Å². The van der Waals surface area contributed by atoms with Gasteiger partial charge in [0.15, 0.2) is 16.9 Å². The van der Waals surface area contributed by atoms with Gasteiger partial charge < -0.3 is 18.8 Å². The highest BCUT2D eigenvalue weighted by molar-refractivity contribution is 6.30. The Balaban J connectivity index is 1.53. The molecule has 3 aromatic carbocycles. The summed E-state index contributed by atoms with van der Waals surface area (Å²) in [6.45, 7) is 0.320. The lowest BCUT2D eigenvalue weighted by molar-refractivity contribution is 0.0714. The molecule has 6 rings (SSSR count). The minimum Gasteiger partial charge on any atom is -0.454 e. The molecular formula is C25H15ClFNO5. The molecule has 0 N–H and O–H groups in total. The van der Waals surface area contributed by atoms with E-state index in [0.717, 1.165) is 11.6 Å². The van der Waals surface area contributed by atoms with E-state index in [1.54, 1.807) is 41.3 Å². The van der Waals surface area contributed by atoms with E-state index in [1.807, 2.05) is 6.07 Å². The van der Waals surface area contributed by atoms with E-state index in [9.17, 15) is 14.0 Å². The van der Waals surface area contributed by atoms with Gasteiger partial charge in [-0.3, -0.25) is 9.59 Å². The fourth-order valence-electron chi connectivity index (χ4n) is 4.41. The Morgan fingerprint density at radius 1 is 1.00 bits per heavy atom. The van der Waals surface area contributed by atoms with Crippen LogP contribution < -0.4 is 14.9 Å². The fourth-order valence-corrected chi connectivity index (χ4v) is 4.61. The van der Waals surface area contributed by atoms with Gasteiger partial charge in [-0.25, -0.2) is 4.39 Å². The van der Waals surface area contributed by atoms with Crippen molar-refractivity contribution in [2.24, 2.45) is 0 Å². The Morgan fingerprint density at radius 3 is 2.70 bits per heavy atom. The molecule has 2 aliphatic rings. The van der Waals surface area contributed by atoms with E-state index in [0.29, 0.717) is 22.1 Å². The molecule has 1 aromatic heterocycles. The molecule has 0 bridgehead atoms. The Morgan fingerprint density at radius 2 is 1.85 bits per heavy atom. The standard InChI is InChI=1S/C25H15ClFNO5/c26-15-3-1-2-14(9-15)22-21-23(29)17-10-16(27)5-7-18(17)33-24(21)25(30)28(22)11-13-4-6-19-20(8-13)32-12-31-19/h1-10,22H,11-12H2/t22-/m0/s1. The lowest BCUT2D eigenvalue weighted by Gasteiger charge is -2.25. The number of fused-ring (bicyclic) bond motifs is 3. The van der Waals surface area contributed by atoms with Gasteiger partial charge in [-0.05, 0) is 53.6 Å². The number of rotatable bonds is 3. The van der Waals surface area contributed by atoms with Crippen molar-refractivity contribution < 1.29 is 23.1 Å². The van der Waals surface area contributed by atoms with Crippen LogP contribution in [0.25, 0.3) is 11.0 Å². The number of hydrogen-bond donors (Lipinski definition) is 0. The maximum atomic E-state index is 13.9. The first kappa shape index (κ1) is 19.8. The van der Waals surface area contributed by atoms with Crippen molar-refractivity contribution in [3.8, 4) is 11.5 Å². The summed E-state index contributed by atoms with van der Waals surface area (Å²) in [5.41, 5.74) is 1.32. The van der Waals surface area contributed by atoms with Gasteiger partial charge in [-0.2, -0.15) is 0 Å². The van der Waals surface area contributed by atoms with Crippen molar-refractivity contribution in [1.82, 2.24) is 4.90 Å². The third-order valence-electron chi connectivity index (χ3n) is 5.88. The quantitative estimate of drug-likeness (QED) is 0.425. The van der Waals surface area contributed by atoms with Gasteiger partial charge in [0.25, 0.3) is 5.91 Å². The molecule has 0 spiro atoms. The number of carbonyl (C=O) groups is 1. The van der Waals surface area contributed by atoms with Crippen LogP contribution in [0.15, 0.2) is 69.9 Å². The minimum atomic E-state index is -0.749. The molecule has 2 aliphatic heterocycles. The summed E-state index contributed by atoms with van der Waals surface area (Å²) < 4.78 is 30.6. The Labute approximate surface area is 191 Å². The topological polar surface area (TPSA) is 69.0 Å². The van der Waals surface area contributed by atoms with Gasteiger partial charge in [0, 0.05) is 11.6 Å². The molecule has 164 valence electrons. The minimum absolute atomic E-state index is 0.0511. The van der Waals surface area contributed by atoms with Crippen LogP contribution in [0.3, 0.4) is 0 Å². The molecule has 33 heavy (non-hydrogen) atoms. The van der Waals surface area contributed by atoms with Gasteiger partial charge in [0.1, 0.15) is 11.4 Å². The normalized spacial score (nSPS) is 16.5. The molecule has 3 heterocycles. The van der Waals surface area contributed by atoms with E-state index in [-0.39, 0.29) is 35.6 Å². The zero-order chi connectivity index (χ0) is 22.7. The Bertz CT molecular complexity index is 1510. The lowest BCUT2D eigenvalue weighted by atomic mass is 9.98. The van der Waals surface area contributed by atoms with Crippen molar-refractivity contribution in [3.63, 3.8) is 0 Å². The van der Waals surface area contributed by atoms with Crippen molar-refractivity contribution in [2.45, 2.75) is 12.6 Å². The first-order chi connectivity index (χ1) is 16.0. The van der Waals surface area contributed by atoms with Crippen LogP contribution in [0.4, 0.5) is 4.39 Å². The van der Waals surface area contributed by atoms with E-state index in [1.165, 1.54) is 12.1 Å². The smallest absolute Gasteiger partial charge is 0.291 e. The monoisotopic (exact) mass is 463 g/mol. The summed E-state index contributed by atoms with van der Waals surface area (Å²) in [7, 11) is 0. The summed E-state index contributed by atoms with van der Waals surface area (Å²) in [6, 6.07) is 15.3. The van der Waals surface area contributed by atoms with Crippen LogP contribution in [0, 0.1) is 5.82 Å². The van der Waals surface area contributed by atoms with Gasteiger partial charge in [0.2, 0.25) is 12.6 Å². The molecule has 1 atom stereocenters. The van der Waals surface area contributed by atoms with Crippen molar-refractivity contribution >= 4 is 28.5 Å². The fraction of sp³-hybridized carbons (Fsp3) is 0.120. The van der Waals surface area contributed by atoms with Gasteiger partial charge in [0.05, 0.1) is 17.0 Å². The molecular weight excluding hydrogens is 449 g/mol.